The van der Waals surface area contributed by atoms with Crippen molar-refractivity contribution in [2.45, 2.75) is 71.5 Å². The van der Waals surface area contributed by atoms with Crippen molar-refractivity contribution in [2.24, 2.45) is 0 Å². The summed E-state index contributed by atoms with van der Waals surface area (Å²) in [6, 6.07) is 15.8. The summed E-state index contributed by atoms with van der Waals surface area (Å²) >= 11 is 0. The molecule has 0 bridgehead atoms. The van der Waals surface area contributed by atoms with E-state index in [0.29, 0.717) is 13.0 Å². The molecular formula is C25H32N2O2. The highest BCUT2D eigenvalue weighted by atomic mass is 16.2. The minimum absolute atomic E-state index is 0.0204. The van der Waals surface area contributed by atoms with E-state index in [1.54, 1.807) is 4.90 Å². The smallest absolute Gasteiger partial charge is 0.242 e. The van der Waals surface area contributed by atoms with E-state index in [-0.39, 0.29) is 17.9 Å². The lowest BCUT2D eigenvalue weighted by molar-refractivity contribution is -0.140. The average molecular weight is 393 g/mol. The van der Waals surface area contributed by atoms with Crippen molar-refractivity contribution < 1.29 is 9.59 Å². The van der Waals surface area contributed by atoms with Gasteiger partial charge in [-0.25, -0.2) is 0 Å². The average Bonchev–Trinajstić information content (AvgIpc) is 3.18. The van der Waals surface area contributed by atoms with Crippen LogP contribution in [0.1, 0.15) is 54.9 Å². The molecule has 2 amide bonds. The van der Waals surface area contributed by atoms with Crippen molar-refractivity contribution in [1.29, 1.82) is 0 Å². The first kappa shape index (κ1) is 21.1. The normalized spacial score (nSPS) is 15.1. The summed E-state index contributed by atoms with van der Waals surface area (Å²) in [5.74, 6) is -0.0745. The fraction of sp³-hybridized carbons (Fsp3) is 0.440. The minimum Gasteiger partial charge on any atom is -0.352 e. The Bertz CT molecular complexity index is 821. The lowest BCUT2D eigenvalue weighted by Gasteiger charge is -2.30. The third kappa shape index (κ3) is 5.93. The Morgan fingerprint density at radius 3 is 2.24 bits per heavy atom. The predicted octanol–water partition coefficient (Wildman–Crippen LogP) is 4.32. The molecule has 4 heteroatoms. The van der Waals surface area contributed by atoms with Gasteiger partial charge in [-0.05, 0) is 44.7 Å². The van der Waals surface area contributed by atoms with E-state index in [2.05, 4.69) is 23.5 Å². The van der Waals surface area contributed by atoms with Crippen LogP contribution in [0.4, 0.5) is 0 Å². The first-order chi connectivity index (χ1) is 13.9. The lowest BCUT2D eigenvalue weighted by Crippen LogP contribution is -2.50. The van der Waals surface area contributed by atoms with Crippen LogP contribution in [-0.2, 0) is 22.6 Å². The zero-order valence-electron chi connectivity index (χ0n) is 17.8. The Kier molecular flexibility index (Phi) is 7.08. The number of nitrogens with zero attached hydrogens (tertiary/aromatic N) is 1. The first-order valence-electron chi connectivity index (χ1n) is 10.6. The molecule has 29 heavy (non-hydrogen) atoms. The van der Waals surface area contributed by atoms with E-state index in [0.717, 1.165) is 35.1 Å². The van der Waals surface area contributed by atoms with Crippen LogP contribution < -0.4 is 5.32 Å². The van der Waals surface area contributed by atoms with Gasteiger partial charge in [0.2, 0.25) is 11.8 Å². The van der Waals surface area contributed by atoms with Crippen LogP contribution in [0.3, 0.4) is 0 Å². The summed E-state index contributed by atoms with van der Waals surface area (Å²) in [5.41, 5.74) is 4.32. The maximum absolute atomic E-state index is 13.3. The van der Waals surface area contributed by atoms with Gasteiger partial charge in [-0.3, -0.25) is 9.59 Å². The molecule has 0 saturated heterocycles. The molecule has 1 atom stereocenters. The van der Waals surface area contributed by atoms with Crippen LogP contribution in [0.15, 0.2) is 48.5 Å². The molecule has 2 aromatic carbocycles. The monoisotopic (exact) mass is 392 g/mol. The van der Waals surface area contributed by atoms with Gasteiger partial charge < -0.3 is 10.2 Å². The molecule has 0 aromatic heterocycles. The molecule has 0 spiro atoms. The largest absolute Gasteiger partial charge is 0.352 e. The van der Waals surface area contributed by atoms with E-state index in [1.165, 1.54) is 12.8 Å². The highest BCUT2D eigenvalue weighted by Crippen LogP contribution is 2.19. The molecule has 0 radical (unpaired) electrons. The van der Waals surface area contributed by atoms with Gasteiger partial charge in [-0.1, -0.05) is 72.5 Å². The summed E-state index contributed by atoms with van der Waals surface area (Å²) in [6.07, 6.45) is 4.70. The Morgan fingerprint density at radius 2 is 1.62 bits per heavy atom. The molecule has 1 saturated carbocycles. The van der Waals surface area contributed by atoms with Gasteiger partial charge in [0.25, 0.3) is 0 Å². The van der Waals surface area contributed by atoms with Gasteiger partial charge >= 0.3 is 0 Å². The zero-order chi connectivity index (χ0) is 20.8. The Labute approximate surface area is 174 Å². The SMILES string of the molecule is Cc1cc(C)cc(CC(=O)N(Cc2ccccc2)[C@H](C)C(=O)NC2CCCC2)c1. The summed E-state index contributed by atoms with van der Waals surface area (Å²) in [6.45, 7) is 6.36. The Hall–Kier alpha value is -2.62. The number of nitrogens with one attached hydrogen (secondary N) is 1. The van der Waals surface area contributed by atoms with Crippen LogP contribution in [-0.4, -0.2) is 28.8 Å². The Morgan fingerprint density at radius 1 is 1.00 bits per heavy atom. The molecule has 1 N–H and O–H groups in total. The van der Waals surface area contributed by atoms with Crippen molar-refractivity contribution in [3.05, 3.63) is 70.8 Å². The predicted molar refractivity (Wildman–Crippen MR) is 116 cm³/mol. The molecule has 4 nitrogen and oxygen atoms in total. The quantitative estimate of drug-likeness (QED) is 0.763. The van der Waals surface area contributed by atoms with Gasteiger partial charge in [-0.15, -0.1) is 0 Å². The van der Waals surface area contributed by atoms with E-state index in [9.17, 15) is 9.59 Å². The second kappa shape index (κ2) is 9.73. The molecule has 1 fully saturated rings. The lowest BCUT2D eigenvalue weighted by atomic mass is 10.0. The van der Waals surface area contributed by atoms with Crippen LogP contribution in [0.25, 0.3) is 0 Å². The molecule has 0 heterocycles. The molecule has 2 aromatic rings. The maximum atomic E-state index is 13.3. The van der Waals surface area contributed by atoms with Gasteiger partial charge in [0.05, 0.1) is 6.42 Å². The molecule has 0 aliphatic heterocycles. The van der Waals surface area contributed by atoms with Crippen molar-refractivity contribution in [3.8, 4) is 0 Å². The van der Waals surface area contributed by atoms with Gasteiger partial charge in [0.1, 0.15) is 6.04 Å². The van der Waals surface area contributed by atoms with Gasteiger partial charge in [0, 0.05) is 12.6 Å². The van der Waals surface area contributed by atoms with Crippen LogP contribution in [0.5, 0.6) is 0 Å². The number of benzene rings is 2. The number of hydrogen-bond acceptors (Lipinski definition) is 2. The van der Waals surface area contributed by atoms with Crippen molar-refractivity contribution in [3.63, 3.8) is 0 Å². The maximum Gasteiger partial charge on any atom is 0.242 e. The first-order valence-corrected chi connectivity index (χ1v) is 10.6. The molecule has 3 rings (SSSR count). The van der Waals surface area contributed by atoms with Gasteiger partial charge in [-0.2, -0.15) is 0 Å². The van der Waals surface area contributed by atoms with E-state index in [4.69, 9.17) is 0 Å². The number of amides is 2. The summed E-state index contributed by atoms with van der Waals surface area (Å²) in [4.78, 5) is 27.9. The zero-order valence-corrected chi connectivity index (χ0v) is 17.8. The third-order valence-corrected chi connectivity index (χ3v) is 5.70. The number of carbonyl (C=O) groups is 2. The second-order valence-electron chi connectivity index (χ2n) is 8.35. The summed E-state index contributed by atoms with van der Waals surface area (Å²) < 4.78 is 0. The fourth-order valence-corrected chi connectivity index (χ4v) is 4.20. The standard InChI is InChI=1S/C25H32N2O2/c1-18-13-19(2)15-22(14-18)16-24(28)27(17-21-9-5-4-6-10-21)20(3)25(29)26-23-11-7-8-12-23/h4-6,9-10,13-15,20,23H,7-8,11-12,16-17H2,1-3H3,(H,26,29)/t20-/m1/s1. The second-order valence-corrected chi connectivity index (χ2v) is 8.35. The molecule has 0 unspecified atom stereocenters. The fourth-order valence-electron chi connectivity index (χ4n) is 4.20. The summed E-state index contributed by atoms with van der Waals surface area (Å²) in [5, 5.41) is 3.15. The molecule has 1 aliphatic rings. The molecule has 154 valence electrons. The Balaban J connectivity index is 1.77. The van der Waals surface area contributed by atoms with E-state index < -0.39 is 6.04 Å². The molecule has 1 aliphatic carbocycles. The van der Waals surface area contributed by atoms with Crippen LogP contribution in [0, 0.1) is 13.8 Å². The summed E-state index contributed by atoms with van der Waals surface area (Å²) in [7, 11) is 0. The van der Waals surface area contributed by atoms with E-state index >= 15 is 0 Å². The third-order valence-electron chi connectivity index (χ3n) is 5.70. The topological polar surface area (TPSA) is 49.4 Å². The number of carbonyl (C=O) groups excluding carboxylic acids is 2. The van der Waals surface area contributed by atoms with Crippen molar-refractivity contribution in [1.82, 2.24) is 10.2 Å². The van der Waals surface area contributed by atoms with Gasteiger partial charge in [0.15, 0.2) is 0 Å². The number of aryl methyl sites for hydroxylation is 2. The van der Waals surface area contributed by atoms with Crippen LogP contribution in [0.2, 0.25) is 0 Å². The minimum atomic E-state index is -0.505. The number of rotatable bonds is 7. The van der Waals surface area contributed by atoms with E-state index in [1.807, 2.05) is 51.1 Å². The highest BCUT2D eigenvalue weighted by molar-refractivity contribution is 5.88. The van der Waals surface area contributed by atoms with Crippen molar-refractivity contribution >= 4 is 11.8 Å². The van der Waals surface area contributed by atoms with Crippen molar-refractivity contribution in [2.75, 3.05) is 0 Å². The number of hydrogen-bond donors (Lipinski definition) is 1. The molecular weight excluding hydrogens is 360 g/mol. The highest BCUT2D eigenvalue weighted by Gasteiger charge is 2.28. The van der Waals surface area contributed by atoms with Crippen LogP contribution >= 0.6 is 0 Å².